The first-order chi connectivity index (χ1) is 12.2. The van der Waals surface area contributed by atoms with Crippen molar-refractivity contribution in [3.05, 3.63) is 95.1 Å². The van der Waals surface area contributed by atoms with E-state index in [-0.39, 0.29) is 0 Å². The van der Waals surface area contributed by atoms with Crippen molar-refractivity contribution in [1.29, 1.82) is 0 Å². The summed E-state index contributed by atoms with van der Waals surface area (Å²) in [5.74, 6) is 1.44. The zero-order valence-corrected chi connectivity index (χ0v) is 14.1. The standard InChI is InChI=1S/C23H22O2/c24-19-9-6-17(7-10-19)21-12-8-18-15-20(25)11-13-22(18)23(21)14-16-4-2-1-3-5-16/h1-7,9-11,13,15,21,23-25H,8,12,14H2. The van der Waals surface area contributed by atoms with E-state index in [4.69, 9.17) is 0 Å². The van der Waals surface area contributed by atoms with Crippen LogP contribution in [0, 0.1) is 0 Å². The molecule has 126 valence electrons. The zero-order chi connectivity index (χ0) is 17.2. The lowest BCUT2D eigenvalue weighted by Crippen LogP contribution is -2.21. The molecule has 0 bridgehead atoms. The highest BCUT2D eigenvalue weighted by Crippen LogP contribution is 2.45. The molecule has 1 aliphatic rings. The Balaban J connectivity index is 1.75. The maximum absolute atomic E-state index is 9.85. The van der Waals surface area contributed by atoms with Gasteiger partial charge in [0.1, 0.15) is 11.5 Å². The summed E-state index contributed by atoms with van der Waals surface area (Å²) in [5, 5.41) is 19.5. The SMILES string of the molecule is Oc1ccc(C2CCc3cc(O)ccc3C2Cc2ccccc2)cc1. The summed E-state index contributed by atoms with van der Waals surface area (Å²) >= 11 is 0. The third-order valence-corrected chi connectivity index (χ3v) is 5.36. The van der Waals surface area contributed by atoms with Crippen LogP contribution in [0.15, 0.2) is 72.8 Å². The number of phenolic OH excluding ortho intramolecular Hbond substituents is 2. The average Bonchev–Trinajstić information content (AvgIpc) is 2.63. The van der Waals surface area contributed by atoms with Gasteiger partial charge in [-0.05, 0) is 77.6 Å². The van der Waals surface area contributed by atoms with Crippen LogP contribution in [-0.4, -0.2) is 10.2 Å². The number of benzene rings is 3. The van der Waals surface area contributed by atoms with E-state index >= 15 is 0 Å². The Bertz CT molecular complexity index is 853. The molecule has 0 amide bonds. The molecule has 25 heavy (non-hydrogen) atoms. The van der Waals surface area contributed by atoms with E-state index in [0.717, 1.165) is 19.3 Å². The number of rotatable bonds is 3. The second kappa shape index (κ2) is 6.64. The van der Waals surface area contributed by atoms with Gasteiger partial charge in [-0.3, -0.25) is 0 Å². The van der Waals surface area contributed by atoms with Gasteiger partial charge in [-0.15, -0.1) is 0 Å². The fourth-order valence-electron chi connectivity index (χ4n) is 4.14. The van der Waals surface area contributed by atoms with Crippen LogP contribution in [-0.2, 0) is 12.8 Å². The Morgan fingerprint density at radius 3 is 2.28 bits per heavy atom. The maximum atomic E-state index is 9.85. The highest BCUT2D eigenvalue weighted by atomic mass is 16.3. The van der Waals surface area contributed by atoms with Crippen molar-refractivity contribution < 1.29 is 10.2 Å². The zero-order valence-electron chi connectivity index (χ0n) is 14.1. The summed E-state index contributed by atoms with van der Waals surface area (Å²) < 4.78 is 0. The van der Waals surface area contributed by atoms with Crippen LogP contribution < -0.4 is 0 Å². The lowest BCUT2D eigenvalue weighted by atomic mass is 9.70. The molecule has 1 aliphatic carbocycles. The molecular formula is C23H22O2. The topological polar surface area (TPSA) is 40.5 Å². The predicted octanol–water partition coefficient (Wildman–Crippen LogP) is 5.15. The summed E-state index contributed by atoms with van der Waals surface area (Å²) in [4.78, 5) is 0. The van der Waals surface area contributed by atoms with Crippen LogP contribution in [0.1, 0.15) is 40.5 Å². The first kappa shape index (κ1) is 15.8. The van der Waals surface area contributed by atoms with E-state index in [9.17, 15) is 10.2 Å². The normalized spacial score (nSPS) is 19.4. The monoisotopic (exact) mass is 330 g/mol. The molecule has 4 rings (SSSR count). The van der Waals surface area contributed by atoms with Crippen LogP contribution in [0.2, 0.25) is 0 Å². The van der Waals surface area contributed by atoms with Gasteiger partial charge in [-0.2, -0.15) is 0 Å². The third kappa shape index (κ3) is 3.25. The Labute approximate surface area is 148 Å². The number of hydrogen-bond acceptors (Lipinski definition) is 2. The molecule has 0 spiro atoms. The van der Waals surface area contributed by atoms with Gasteiger partial charge in [0.25, 0.3) is 0 Å². The Hall–Kier alpha value is -2.74. The van der Waals surface area contributed by atoms with Gasteiger partial charge in [0, 0.05) is 0 Å². The van der Waals surface area contributed by atoms with Gasteiger partial charge in [0.15, 0.2) is 0 Å². The average molecular weight is 330 g/mol. The van der Waals surface area contributed by atoms with Crippen molar-refractivity contribution in [2.24, 2.45) is 0 Å². The van der Waals surface area contributed by atoms with Gasteiger partial charge in [0.05, 0.1) is 0 Å². The largest absolute Gasteiger partial charge is 0.508 e. The molecule has 0 aromatic heterocycles. The molecule has 2 unspecified atom stereocenters. The number of aromatic hydroxyl groups is 2. The minimum absolute atomic E-state index is 0.310. The van der Waals surface area contributed by atoms with E-state index in [1.165, 1.54) is 22.3 Å². The van der Waals surface area contributed by atoms with E-state index < -0.39 is 0 Å². The lowest BCUT2D eigenvalue weighted by molar-refractivity contribution is 0.453. The molecule has 0 aliphatic heterocycles. The van der Waals surface area contributed by atoms with Gasteiger partial charge >= 0.3 is 0 Å². The fourth-order valence-corrected chi connectivity index (χ4v) is 4.14. The number of phenols is 2. The summed E-state index contributed by atoms with van der Waals surface area (Å²) in [6.45, 7) is 0. The van der Waals surface area contributed by atoms with Gasteiger partial charge in [-0.1, -0.05) is 48.5 Å². The van der Waals surface area contributed by atoms with Gasteiger partial charge < -0.3 is 10.2 Å². The Kier molecular flexibility index (Phi) is 4.19. The number of aryl methyl sites for hydroxylation is 1. The molecule has 0 fully saturated rings. The molecule has 0 saturated heterocycles. The molecule has 2 N–H and O–H groups in total. The van der Waals surface area contributed by atoms with E-state index in [1.807, 2.05) is 24.3 Å². The van der Waals surface area contributed by atoms with Crippen molar-refractivity contribution in [3.8, 4) is 11.5 Å². The maximum Gasteiger partial charge on any atom is 0.115 e. The Morgan fingerprint density at radius 2 is 1.52 bits per heavy atom. The molecule has 0 saturated carbocycles. The van der Waals surface area contributed by atoms with Crippen LogP contribution in [0.4, 0.5) is 0 Å². The number of hydrogen-bond donors (Lipinski definition) is 2. The smallest absolute Gasteiger partial charge is 0.115 e. The van der Waals surface area contributed by atoms with Crippen molar-refractivity contribution in [2.75, 3.05) is 0 Å². The van der Waals surface area contributed by atoms with Crippen molar-refractivity contribution >= 4 is 0 Å². The molecule has 3 aromatic rings. The van der Waals surface area contributed by atoms with Crippen LogP contribution in [0.25, 0.3) is 0 Å². The fraction of sp³-hybridized carbons (Fsp3) is 0.217. The van der Waals surface area contributed by atoms with Gasteiger partial charge in [0.2, 0.25) is 0 Å². The van der Waals surface area contributed by atoms with E-state index in [1.54, 1.807) is 18.2 Å². The summed E-state index contributed by atoms with van der Waals surface area (Å²) in [5.41, 5.74) is 5.21. The van der Waals surface area contributed by atoms with E-state index in [2.05, 4.69) is 30.3 Å². The quantitative estimate of drug-likeness (QED) is 0.697. The molecular weight excluding hydrogens is 308 g/mol. The molecule has 2 heteroatoms. The first-order valence-electron chi connectivity index (χ1n) is 8.85. The molecule has 0 heterocycles. The van der Waals surface area contributed by atoms with Crippen molar-refractivity contribution in [1.82, 2.24) is 0 Å². The van der Waals surface area contributed by atoms with E-state index in [0.29, 0.717) is 23.3 Å². The minimum Gasteiger partial charge on any atom is -0.508 e. The molecule has 0 radical (unpaired) electrons. The second-order valence-corrected chi connectivity index (χ2v) is 6.92. The summed E-state index contributed by atoms with van der Waals surface area (Å²) in [6.07, 6.45) is 3.00. The lowest BCUT2D eigenvalue weighted by Gasteiger charge is -2.34. The van der Waals surface area contributed by atoms with Crippen molar-refractivity contribution in [3.63, 3.8) is 0 Å². The summed E-state index contributed by atoms with van der Waals surface area (Å²) in [6, 6.07) is 24.0. The highest BCUT2D eigenvalue weighted by Gasteiger charge is 2.31. The molecule has 2 nitrogen and oxygen atoms in total. The molecule has 3 aromatic carbocycles. The third-order valence-electron chi connectivity index (χ3n) is 5.36. The number of fused-ring (bicyclic) bond motifs is 1. The molecule has 2 atom stereocenters. The minimum atomic E-state index is 0.310. The summed E-state index contributed by atoms with van der Waals surface area (Å²) in [7, 11) is 0. The highest BCUT2D eigenvalue weighted by molar-refractivity contribution is 5.43. The van der Waals surface area contributed by atoms with Crippen molar-refractivity contribution in [2.45, 2.75) is 31.1 Å². The van der Waals surface area contributed by atoms with Crippen LogP contribution in [0.5, 0.6) is 11.5 Å². The predicted molar refractivity (Wildman–Crippen MR) is 100 cm³/mol. The first-order valence-corrected chi connectivity index (χ1v) is 8.85. The van der Waals surface area contributed by atoms with Gasteiger partial charge in [-0.25, -0.2) is 0 Å². The second-order valence-electron chi connectivity index (χ2n) is 6.92. The Morgan fingerprint density at radius 1 is 0.800 bits per heavy atom. The van der Waals surface area contributed by atoms with Crippen LogP contribution >= 0.6 is 0 Å². The van der Waals surface area contributed by atoms with Crippen LogP contribution in [0.3, 0.4) is 0 Å².